The number of halogens is 1. The normalized spacial score (nSPS) is 22.3. The third kappa shape index (κ3) is 8.13. The monoisotopic (exact) mass is 632 g/mol. The van der Waals surface area contributed by atoms with E-state index in [4.69, 9.17) is 23.7 Å². The first-order valence-corrected chi connectivity index (χ1v) is 14.6. The summed E-state index contributed by atoms with van der Waals surface area (Å²) in [4.78, 5) is 13.3. The summed E-state index contributed by atoms with van der Waals surface area (Å²) in [5.74, 6) is -0.597. The van der Waals surface area contributed by atoms with Gasteiger partial charge in [0.2, 0.25) is 6.29 Å². The maximum absolute atomic E-state index is 13.3. The number of hydrogen-bond donors (Lipinski definition) is 1. The zero-order valence-corrected chi connectivity index (χ0v) is 24.5. The molecule has 8 heteroatoms. The van der Waals surface area contributed by atoms with E-state index < -0.39 is 36.7 Å². The molecule has 0 aliphatic carbocycles. The van der Waals surface area contributed by atoms with Crippen LogP contribution in [0.3, 0.4) is 0 Å². The van der Waals surface area contributed by atoms with Gasteiger partial charge in [-0.2, -0.15) is 0 Å². The largest absolute Gasteiger partial charge is 0.429 e. The lowest BCUT2D eigenvalue weighted by molar-refractivity contribution is -0.219. The summed E-state index contributed by atoms with van der Waals surface area (Å²) in [5.41, 5.74) is 3.13. The van der Waals surface area contributed by atoms with Gasteiger partial charge in [0.05, 0.1) is 32.0 Å². The Bertz CT molecular complexity index is 1390. The summed E-state index contributed by atoms with van der Waals surface area (Å²) < 4.78 is 31.7. The van der Waals surface area contributed by atoms with Gasteiger partial charge in [0.15, 0.2) is 0 Å². The minimum atomic E-state index is -1.19. The Morgan fingerprint density at radius 3 is 1.64 bits per heavy atom. The van der Waals surface area contributed by atoms with Gasteiger partial charge >= 0.3 is 5.97 Å². The van der Waals surface area contributed by atoms with Gasteiger partial charge in [-0.05, 0) is 44.8 Å². The fourth-order valence-electron chi connectivity index (χ4n) is 4.71. The highest BCUT2D eigenvalue weighted by Gasteiger charge is 2.46. The van der Waals surface area contributed by atoms with Crippen molar-refractivity contribution in [2.45, 2.75) is 50.5 Å². The van der Waals surface area contributed by atoms with E-state index in [1.165, 1.54) is 0 Å². The molecule has 4 aromatic rings. The molecule has 1 aliphatic rings. The SMILES string of the molecule is O=C(O[C@@H]1OCC(O)[C@@H](OCc2ccccc2)[C@H](OCc2ccccc2)[C@H]1OCc1ccccc1)c1ccccc1Br. The predicted molar refractivity (Wildman–Crippen MR) is 160 cm³/mol. The molecule has 0 spiro atoms. The molecule has 0 aromatic heterocycles. The molecule has 5 rings (SSSR count). The van der Waals surface area contributed by atoms with Crippen LogP contribution < -0.4 is 0 Å². The molecule has 1 heterocycles. The molecule has 7 nitrogen and oxygen atoms in total. The van der Waals surface area contributed by atoms with Crippen LogP contribution in [0.2, 0.25) is 0 Å². The summed E-state index contributed by atoms with van der Waals surface area (Å²) in [7, 11) is 0. The van der Waals surface area contributed by atoms with Crippen molar-refractivity contribution >= 4 is 21.9 Å². The Balaban J connectivity index is 1.46. The number of rotatable bonds is 11. The Hall–Kier alpha value is -3.37. The Morgan fingerprint density at radius 2 is 1.12 bits per heavy atom. The predicted octanol–water partition coefficient (Wildman–Crippen LogP) is 6.08. The maximum atomic E-state index is 13.3. The van der Waals surface area contributed by atoms with Gasteiger partial charge < -0.3 is 28.8 Å². The molecule has 5 atom stereocenters. The van der Waals surface area contributed by atoms with Crippen LogP contribution in [0.4, 0.5) is 0 Å². The standard InChI is InChI=1S/C34H33BrO7/c35-28-19-11-10-18-27(28)33(37)42-34-32(40-22-26-16-8-3-9-17-26)31(39-21-25-14-6-2-7-15-25)30(29(36)23-41-34)38-20-24-12-4-1-5-13-24/h1-19,29-32,34,36H,20-23H2/t29?,30-,31+,32-,34+/m1/s1. The van der Waals surface area contributed by atoms with Gasteiger partial charge in [-0.15, -0.1) is 0 Å². The van der Waals surface area contributed by atoms with Crippen molar-refractivity contribution in [3.8, 4) is 0 Å². The Morgan fingerprint density at radius 1 is 0.667 bits per heavy atom. The van der Waals surface area contributed by atoms with Crippen LogP contribution >= 0.6 is 15.9 Å². The van der Waals surface area contributed by atoms with Crippen molar-refractivity contribution in [2.75, 3.05) is 6.61 Å². The van der Waals surface area contributed by atoms with Crippen LogP contribution in [0.5, 0.6) is 0 Å². The first-order chi connectivity index (χ1) is 20.6. The molecule has 0 bridgehead atoms. The number of aliphatic hydroxyl groups is 1. The topological polar surface area (TPSA) is 83.5 Å². The summed E-state index contributed by atoms with van der Waals surface area (Å²) in [6.07, 6.45) is -4.90. The van der Waals surface area contributed by atoms with E-state index in [-0.39, 0.29) is 26.4 Å². The number of ether oxygens (including phenoxy) is 5. The van der Waals surface area contributed by atoms with Crippen LogP contribution in [0, 0.1) is 0 Å². The molecule has 42 heavy (non-hydrogen) atoms. The summed E-state index contributed by atoms with van der Waals surface area (Å²) in [6, 6.07) is 36.0. The molecule has 1 saturated heterocycles. The highest BCUT2D eigenvalue weighted by Crippen LogP contribution is 2.29. The minimum absolute atomic E-state index is 0.149. The lowest BCUT2D eigenvalue weighted by atomic mass is 10.0. The molecular formula is C34H33BrO7. The molecule has 0 radical (unpaired) electrons. The second-order valence-electron chi connectivity index (χ2n) is 9.94. The van der Waals surface area contributed by atoms with E-state index >= 15 is 0 Å². The van der Waals surface area contributed by atoms with E-state index in [1.807, 2.05) is 97.1 Å². The second kappa shape index (κ2) is 15.2. The second-order valence-corrected chi connectivity index (χ2v) is 10.8. The smallest absolute Gasteiger partial charge is 0.341 e. The van der Waals surface area contributed by atoms with Gasteiger partial charge in [0, 0.05) is 4.47 Å². The first-order valence-electron chi connectivity index (χ1n) is 13.8. The van der Waals surface area contributed by atoms with E-state index in [0.29, 0.717) is 10.0 Å². The van der Waals surface area contributed by atoms with E-state index in [0.717, 1.165) is 16.7 Å². The van der Waals surface area contributed by atoms with Crippen LogP contribution in [0.1, 0.15) is 27.0 Å². The molecule has 1 N–H and O–H groups in total. The first kappa shape index (κ1) is 30.1. The van der Waals surface area contributed by atoms with Crippen LogP contribution in [-0.2, 0) is 43.5 Å². The average Bonchev–Trinajstić information content (AvgIpc) is 3.15. The van der Waals surface area contributed by atoms with Crippen molar-refractivity contribution in [3.05, 3.63) is 142 Å². The number of carbonyl (C=O) groups is 1. The summed E-state index contributed by atoms with van der Waals surface area (Å²) in [5, 5.41) is 11.3. The Kier molecular flexibility index (Phi) is 10.9. The number of carbonyl (C=O) groups excluding carboxylic acids is 1. The quantitative estimate of drug-likeness (QED) is 0.201. The molecule has 0 amide bonds. The number of hydrogen-bond acceptors (Lipinski definition) is 7. The van der Waals surface area contributed by atoms with Gasteiger partial charge in [-0.25, -0.2) is 4.79 Å². The van der Waals surface area contributed by atoms with Gasteiger partial charge in [-0.3, -0.25) is 0 Å². The molecule has 218 valence electrons. The average molecular weight is 634 g/mol. The summed E-state index contributed by atoms with van der Waals surface area (Å²) >= 11 is 3.42. The van der Waals surface area contributed by atoms with Gasteiger partial charge in [-0.1, -0.05) is 103 Å². The lowest BCUT2D eigenvalue weighted by Gasteiger charge is -2.34. The maximum Gasteiger partial charge on any atom is 0.341 e. The van der Waals surface area contributed by atoms with Crippen molar-refractivity contribution in [3.63, 3.8) is 0 Å². The van der Waals surface area contributed by atoms with E-state index in [2.05, 4.69) is 15.9 Å². The highest BCUT2D eigenvalue weighted by molar-refractivity contribution is 9.10. The third-order valence-corrected chi connectivity index (χ3v) is 7.59. The minimum Gasteiger partial charge on any atom is -0.429 e. The van der Waals surface area contributed by atoms with Crippen molar-refractivity contribution in [1.29, 1.82) is 0 Å². The van der Waals surface area contributed by atoms with Gasteiger partial charge in [0.1, 0.15) is 24.4 Å². The molecule has 1 fully saturated rings. The summed E-state index contributed by atoms with van der Waals surface area (Å²) in [6.45, 7) is 0.508. The fraction of sp³-hybridized carbons (Fsp3) is 0.265. The van der Waals surface area contributed by atoms with Gasteiger partial charge in [0.25, 0.3) is 0 Å². The van der Waals surface area contributed by atoms with E-state index in [1.54, 1.807) is 18.2 Å². The Labute approximate surface area is 254 Å². The highest BCUT2D eigenvalue weighted by atomic mass is 79.9. The van der Waals surface area contributed by atoms with Crippen molar-refractivity contribution in [2.24, 2.45) is 0 Å². The fourth-order valence-corrected chi connectivity index (χ4v) is 5.16. The number of aliphatic hydroxyl groups excluding tert-OH is 1. The molecule has 1 aliphatic heterocycles. The lowest BCUT2D eigenvalue weighted by Crippen LogP contribution is -2.51. The van der Waals surface area contributed by atoms with Crippen molar-refractivity contribution < 1.29 is 33.6 Å². The van der Waals surface area contributed by atoms with Crippen molar-refractivity contribution in [1.82, 2.24) is 0 Å². The van der Waals surface area contributed by atoms with Crippen LogP contribution in [0.15, 0.2) is 120 Å². The third-order valence-electron chi connectivity index (χ3n) is 6.90. The van der Waals surface area contributed by atoms with E-state index in [9.17, 15) is 9.90 Å². The molecular weight excluding hydrogens is 600 g/mol. The zero-order valence-electron chi connectivity index (χ0n) is 23.0. The molecule has 4 aromatic carbocycles. The number of benzene rings is 4. The molecule has 0 saturated carbocycles. The zero-order chi connectivity index (χ0) is 29.1. The number of esters is 1. The van der Waals surface area contributed by atoms with Crippen LogP contribution in [0.25, 0.3) is 0 Å². The van der Waals surface area contributed by atoms with Crippen LogP contribution in [-0.4, -0.2) is 48.4 Å². The molecule has 1 unspecified atom stereocenters.